The lowest BCUT2D eigenvalue weighted by atomic mass is 9.76. The standard InChI is InChI=1S/C17H14O3/c18-13-6-3-7-14-16(13)17(19)12-8-10-4-1-2-5-11(10)9-15(12)20-14/h1-7,12,15,18H,8-9H2/t12-,15+/m0/s1. The number of phenols is 1. The minimum absolute atomic E-state index is 0.00357. The molecule has 2 atom stereocenters. The van der Waals surface area contributed by atoms with Crippen molar-refractivity contribution in [3.05, 3.63) is 59.2 Å². The first-order valence-corrected chi connectivity index (χ1v) is 6.83. The van der Waals surface area contributed by atoms with E-state index in [1.54, 1.807) is 12.1 Å². The topological polar surface area (TPSA) is 46.5 Å². The van der Waals surface area contributed by atoms with E-state index in [1.807, 2.05) is 12.1 Å². The highest BCUT2D eigenvalue weighted by molar-refractivity contribution is 6.04. The Kier molecular flexibility index (Phi) is 2.36. The fourth-order valence-corrected chi connectivity index (χ4v) is 3.28. The molecule has 20 heavy (non-hydrogen) atoms. The molecule has 0 fully saturated rings. The van der Waals surface area contributed by atoms with E-state index in [4.69, 9.17) is 4.74 Å². The Morgan fingerprint density at radius 2 is 1.75 bits per heavy atom. The zero-order valence-electron chi connectivity index (χ0n) is 10.9. The van der Waals surface area contributed by atoms with Crippen LogP contribution in [0.25, 0.3) is 0 Å². The molecule has 1 aliphatic carbocycles. The molecule has 1 aliphatic heterocycles. The highest BCUT2D eigenvalue weighted by atomic mass is 16.5. The van der Waals surface area contributed by atoms with Gasteiger partial charge in [-0.05, 0) is 29.7 Å². The van der Waals surface area contributed by atoms with Crippen LogP contribution >= 0.6 is 0 Å². The molecular weight excluding hydrogens is 252 g/mol. The van der Waals surface area contributed by atoms with Crippen molar-refractivity contribution >= 4 is 5.78 Å². The van der Waals surface area contributed by atoms with Crippen LogP contribution < -0.4 is 4.74 Å². The molecule has 0 saturated heterocycles. The Balaban J connectivity index is 1.79. The smallest absolute Gasteiger partial charge is 0.177 e. The lowest BCUT2D eigenvalue weighted by Gasteiger charge is -2.36. The van der Waals surface area contributed by atoms with Crippen LogP contribution in [0.2, 0.25) is 0 Å². The third kappa shape index (κ3) is 1.56. The Bertz CT molecular complexity index is 705. The van der Waals surface area contributed by atoms with E-state index in [1.165, 1.54) is 17.2 Å². The summed E-state index contributed by atoms with van der Waals surface area (Å²) in [5.74, 6) is 0.343. The van der Waals surface area contributed by atoms with Crippen LogP contribution in [-0.4, -0.2) is 17.0 Å². The van der Waals surface area contributed by atoms with Gasteiger partial charge >= 0.3 is 0 Å². The van der Waals surface area contributed by atoms with Crippen LogP contribution in [0.3, 0.4) is 0 Å². The molecule has 2 aromatic rings. The largest absolute Gasteiger partial charge is 0.507 e. The summed E-state index contributed by atoms with van der Waals surface area (Å²) in [7, 11) is 0. The molecule has 0 unspecified atom stereocenters. The average Bonchev–Trinajstić information content (AvgIpc) is 2.46. The molecular formula is C17H14O3. The van der Waals surface area contributed by atoms with E-state index in [0.717, 1.165) is 6.42 Å². The van der Waals surface area contributed by atoms with Crippen LogP contribution in [0.5, 0.6) is 11.5 Å². The summed E-state index contributed by atoms with van der Waals surface area (Å²) < 4.78 is 5.96. The number of rotatable bonds is 0. The fraction of sp³-hybridized carbons (Fsp3) is 0.235. The Morgan fingerprint density at radius 3 is 2.55 bits per heavy atom. The van der Waals surface area contributed by atoms with Gasteiger partial charge in [0.25, 0.3) is 0 Å². The first-order chi connectivity index (χ1) is 9.74. The molecule has 1 N–H and O–H groups in total. The number of ketones is 1. The van der Waals surface area contributed by atoms with E-state index in [-0.39, 0.29) is 23.6 Å². The second-order valence-electron chi connectivity index (χ2n) is 5.45. The zero-order chi connectivity index (χ0) is 13.7. The van der Waals surface area contributed by atoms with Gasteiger partial charge in [-0.2, -0.15) is 0 Å². The minimum atomic E-state index is -0.189. The van der Waals surface area contributed by atoms with Crippen LogP contribution in [-0.2, 0) is 12.8 Å². The fourth-order valence-electron chi connectivity index (χ4n) is 3.28. The van der Waals surface area contributed by atoms with Gasteiger partial charge in [0.2, 0.25) is 0 Å². The molecule has 4 rings (SSSR count). The lowest BCUT2D eigenvalue weighted by Crippen LogP contribution is -2.43. The van der Waals surface area contributed by atoms with Gasteiger partial charge in [0.05, 0.1) is 5.92 Å². The highest BCUT2D eigenvalue weighted by Gasteiger charge is 2.41. The number of Topliss-reactive ketones (excluding diaryl/α,β-unsaturated/α-hetero) is 1. The third-order valence-electron chi connectivity index (χ3n) is 4.29. The minimum Gasteiger partial charge on any atom is -0.507 e. The molecule has 2 aliphatic rings. The summed E-state index contributed by atoms with van der Waals surface area (Å²) in [6.07, 6.45) is 1.32. The van der Waals surface area contributed by atoms with Crippen LogP contribution in [0, 0.1) is 5.92 Å². The van der Waals surface area contributed by atoms with Crippen molar-refractivity contribution < 1.29 is 14.6 Å². The molecule has 100 valence electrons. The SMILES string of the molecule is O=C1c2c(O)cccc2O[C@@H]2Cc3ccccc3C[C@H]12. The number of hydrogen-bond acceptors (Lipinski definition) is 3. The van der Waals surface area contributed by atoms with Gasteiger partial charge in [-0.3, -0.25) is 4.79 Å². The maximum absolute atomic E-state index is 12.6. The van der Waals surface area contributed by atoms with Gasteiger partial charge in [0.15, 0.2) is 5.78 Å². The maximum Gasteiger partial charge on any atom is 0.177 e. The third-order valence-corrected chi connectivity index (χ3v) is 4.29. The number of fused-ring (bicyclic) bond motifs is 3. The summed E-state index contributed by atoms with van der Waals surface area (Å²) in [5, 5.41) is 9.91. The van der Waals surface area contributed by atoms with Crippen molar-refractivity contribution in [3.8, 4) is 11.5 Å². The van der Waals surface area contributed by atoms with Crippen LogP contribution in [0.15, 0.2) is 42.5 Å². The summed E-state index contributed by atoms with van der Waals surface area (Å²) in [5.41, 5.74) is 2.81. The number of carbonyl (C=O) groups is 1. The quantitative estimate of drug-likeness (QED) is 0.797. The normalized spacial score (nSPS) is 23.3. The van der Waals surface area contributed by atoms with Gasteiger partial charge in [-0.15, -0.1) is 0 Å². The summed E-state index contributed by atoms with van der Waals surface area (Å²) in [6, 6.07) is 13.2. The van der Waals surface area contributed by atoms with Crippen molar-refractivity contribution in [1.82, 2.24) is 0 Å². The van der Waals surface area contributed by atoms with Gasteiger partial charge in [0.1, 0.15) is 23.2 Å². The monoisotopic (exact) mass is 266 g/mol. The molecule has 0 saturated carbocycles. The van der Waals surface area contributed by atoms with Crippen molar-refractivity contribution in [2.45, 2.75) is 18.9 Å². The van der Waals surface area contributed by atoms with Gasteiger partial charge in [-0.25, -0.2) is 0 Å². The number of aromatic hydroxyl groups is 1. The second kappa shape index (κ2) is 4.10. The molecule has 0 spiro atoms. The molecule has 0 amide bonds. The van der Waals surface area contributed by atoms with Crippen molar-refractivity contribution in [1.29, 1.82) is 0 Å². The lowest BCUT2D eigenvalue weighted by molar-refractivity contribution is 0.0629. The first-order valence-electron chi connectivity index (χ1n) is 6.83. The second-order valence-corrected chi connectivity index (χ2v) is 5.45. The van der Waals surface area contributed by atoms with E-state index in [9.17, 15) is 9.90 Å². The number of ether oxygens (including phenoxy) is 1. The Morgan fingerprint density at radius 1 is 1.00 bits per heavy atom. The van der Waals surface area contributed by atoms with Crippen molar-refractivity contribution in [3.63, 3.8) is 0 Å². The van der Waals surface area contributed by atoms with E-state index in [0.29, 0.717) is 17.7 Å². The van der Waals surface area contributed by atoms with E-state index >= 15 is 0 Å². The summed E-state index contributed by atoms with van der Waals surface area (Å²) >= 11 is 0. The Labute approximate surface area is 116 Å². The maximum atomic E-state index is 12.6. The van der Waals surface area contributed by atoms with Crippen LogP contribution in [0.4, 0.5) is 0 Å². The molecule has 0 bridgehead atoms. The van der Waals surface area contributed by atoms with Crippen LogP contribution in [0.1, 0.15) is 21.5 Å². The predicted octanol–water partition coefficient (Wildman–Crippen LogP) is 2.75. The van der Waals surface area contributed by atoms with E-state index in [2.05, 4.69) is 12.1 Å². The van der Waals surface area contributed by atoms with Gasteiger partial charge in [-0.1, -0.05) is 30.3 Å². The van der Waals surface area contributed by atoms with Gasteiger partial charge < -0.3 is 9.84 Å². The molecule has 3 nitrogen and oxygen atoms in total. The summed E-state index contributed by atoms with van der Waals surface area (Å²) in [4.78, 5) is 12.6. The van der Waals surface area contributed by atoms with Gasteiger partial charge in [0, 0.05) is 6.42 Å². The number of benzene rings is 2. The number of phenolic OH excluding ortho intramolecular Hbond substituents is 1. The van der Waals surface area contributed by atoms with Crippen molar-refractivity contribution in [2.75, 3.05) is 0 Å². The molecule has 2 aromatic carbocycles. The molecule has 3 heteroatoms. The predicted molar refractivity (Wildman–Crippen MR) is 74.2 cm³/mol. The van der Waals surface area contributed by atoms with E-state index < -0.39 is 0 Å². The van der Waals surface area contributed by atoms with Crippen molar-refractivity contribution in [2.24, 2.45) is 5.92 Å². The Hall–Kier alpha value is -2.29. The first kappa shape index (κ1) is 11.5. The molecule has 0 radical (unpaired) electrons. The molecule has 1 heterocycles. The highest BCUT2D eigenvalue weighted by Crippen LogP contribution is 2.40. The molecule has 0 aromatic heterocycles. The average molecular weight is 266 g/mol. The summed E-state index contributed by atoms with van der Waals surface area (Å²) in [6.45, 7) is 0. The number of carbonyl (C=O) groups excluding carboxylic acids is 1. The zero-order valence-corrected chi connectivity index (χ0v) is 10.9. The number of hydrogen-bond donors (Lipinski definition) is 1.